The minimum Gasteiger partial charge on any atom is -0.352 e. The van der Waals surface area contributed by atoms with E-state index in [0.29, 0.717) is 29.3 Å². The molecule has 7 heteroatoms. The molecule has 2 aromatic carbocycles. The average molecular weight is 373 g/mol. The smallest absolute Gasteiger partial charge is 0.262 e. The van der Waals surface area contributed by atoms with E-state index >= 15 is 0 Å². The predicted molar refractivity (Wildman–Crippen MR) is 102 cm³/mol. The summed E-state index contributed by atoms with van der Waals surface area (Å²) < 4.78 is 28.1. The Morgan fingerprint density at radius 3 is 2.42 bits per heavy atom. The van der Waals surface area contributed by atoms with Crippen LogP contribution in [0.1, 0.15) is 21.5 Å². The molecule has 0 saturated carbocycles. The maximum absolute atomic E-state index is 12.8. The van der Waals surface area contributed by atoms with Gasteiger partial charge in [-0.1, -0.05) is 23.8 Å². The molecule has 1 heterocycles. The van der Waals surface area contributed by atoms with E-state index in [1.54, 1.807) is 31.2 Å². The van der Waals surface area contributed by atoms with Gasteiger partial charge in [0.2, 0.25) is 0 Å². The van der Waals surface area contributed by atoms with Crippen molar-refractivity contribution in [1.29, 1.82) is 0 Å². The molecule has 1 saturated heterocycles. The molecule has 0 aliphatic carbocycles. The number of sulfonamides is 1. The zero-order valence-electron chi connectivity index (χ0n) is 14.9. The van der Waals surface area contributed by atoms with Gasteiger partial charge in [-0.25, -0.2) is 8.42 Å². The number of hydrogen-bond donors (Lipinski definition) is 3. The molecule has 0 bridgehead atoms. The summed E-state index contributed by atoms with van der Waals surface area (Å²) in [7, 11) is -3.78. The molecule has 2 aromatic rings. The summed E-state index contributed by atoms with van der Waals surface area (Å²) in [6.07, 6.45) is 0. The van der Waals surface area contributed by atoms with Crippen LogP contribution in [0, 0.1) is 19.8 Å². The van der Waals surface area contributed by atoms with E-state index in [9.17, 15) is 13.2 Å². The molecule has 0 atom stereocenters. The molecule has 0 unspecified atom stereocenters. The van der Waals surface area contributed by atoms with E-state index in [4.69, 9.17) is 0 Å². The molecule has 3 rings (SSSR count). The third kappa shape index (κ3) is 4.23. The Bertz CT molecular complexity index is 904. The lowest BCUT2D eigenvalue weighted by Gasteiger charge is -2.27. The fourth-order valence-corrected chi connectivity index (χ4v) is 4.02. The fourth-order valence-electron chi connectivity index (χ4n) is 2.69. The van der Waals surface area contributed by atoms with Gasteiger partial charge in [0, 0.05) is 36.8 Å². The number of benzene rings is 2. The minimum atomic E-state index is -3.78. The second-order valence-electron chi connectivity index (χ2n) is 6.69. The highest BCUT2D eigenvalue weighted by atomic mass is 32.2. The average Bonchev–Trinajstić information content (AvgIpc) is 2.55. The molecule has 1 fully saturated rings. The molecule has 0 radical (unpaired) electrons. The number of carbonyl (C=O) groups is 1. The molecular weight excluding hydrogens is 350 g/mol. The van der Waals surface area contributed by atoms with Crippen LogP contribution < -0.4 is 15.4 Å². The Morgan fingerprint density at radius 2 is 1.81 bits per heavy atom. The highest BCUT2D eigenvalue weighted by molar-refractivity contribution is 7.92. The summed E-state index contributed by atoms with van der Waals surface area (Å²) in [5, 5.41) is 6.01. The van der Waals surface area contributed by atoms with Crippen molar-refractivity contribution in [3.8, 4) is 0 Å². The van der Waals surface area contributed by atoms with Crippen molar-refractivity contribution in [2.45, 2.75) is 18.7 Å². The molecule has 1 aliphatic heterocycles. The summed E-state index contributed by atoms with van der Waals surface area (Å²) in [5.41, 5.74) is 2.46. The van der Waals surface area contributed by atoms with E-state index in [1.807, 2.05) is 19.1 Å². The first-order valence-electron chi connectivity index (χ1n) is 8.54. The molecule has 3 N–H and O–H groups in total. The Labute approximate surface area is 154 Å². The van der Waals surface area contributed by atoms with Crippen molar-refractivity contribution >= 4 is 21.6 Å². The molecule has 26 heavy (non-hydrogen) atoms. The van der Waals surface area contributed by atoms with Crippen molar-refractivity contribution in [1.82, 2.24) is 10.6 Å². The molecule has 1 amide bonds. The second kappa shape index (κ2) is 7.47. The third-order valence-electron chi connectivity index (χ3n) is 4.46. The summed E-state index contributed by atoms with van der Waals surface area (Å²) in [6.45, 7) is 6.03. The number of anilines is 1. The molecule has 6 nitrogen and oxygen atoms in total. The summed E-state index contributed by atoms with van der Waals surface area (Å²) in [4.78, 5) is 12.4. The monoisotopic (exact) mass is 373 g/mol. The van der Waals surface area contributed by atoms with Crippen LogP contribution in [-0.2, 0) is 10.0 Å². The lowest BCUT2D eigenvalue weighted by molar-refractivity contribution is 0.0942. The lowest BCUT2D eigenvalue weighted by atomic mass is 10.0. The Kier molecular flexibility index (Phi) is 5.29. The van der Waals surface area contributed by atoms with Crippen LogP contribution in [0.4, 0.5) is 5.69 Å². The van der Waals surface area contributed by atoms with Gasteiger partial charge in [0.25, 0.3) is 15.9 Å². The zero-order valence-corrected chi connectivity index (χ0v) is 15.7. The summed E-state index contributed by atoms with van der Waals surface area (Å²) in [5.74, 6) is 0.180. The number of carbonyl (C=O) groups excluding carboxylic acids is 1. The van der Waals surface area contributed by atoms with Crippen molar-refractivity contribution in [3.63, 3.8) is 0 Å². The van der Waals surface area contributed by atoms with Crippen molar-refractivity contribution in [2.24, 2.45) is 5.92 Å². The Balaban J connectivity index is 1.79. The Morgan fingerprint density at radius 1 is 1.12 bits per heavy atom. The lowest BCUT2D eigenvalue weighted by Crippen LogP contribution is -2.48. The number of aryl methyl sites for hydroxylation is 2. The van der Waals surface area contributed by atoms with Gasteiger partial charge in [0.05, 0.1) is 4.90 Å². The molecule has 0 aromatic heterocycles. The van der Waals surface area contributed by atoms with Crippen molar-refractivity contribution in [2.75, 3.05) is 24.4 Å². The third-order valence-corrected chi connectivity index (χ3v) is 5.98. The Hall–Kier alpha value is -2.38. The van der Waals surface area contributed by atoms with E-state index in [2.05, 4.69) is 15.4 Å². The largest absolute Gasteiger partial charge is 0.352 e. The van der Waals surface area contributed by atoms with Crippen molar-refractivity contribution in [3.05, 3.63) is 59.2 Å². The number of amides is 1. The van der Waals surface area contributed by atoms with Crippen LogP contribution in [-0.4, -0.2) is 34.0 Å². The van der Waals surface area contributed by atoms with Gasteiger partial charge in [-0.3, -0.25) is 9.52 Å². The normalized spacial score (nSPS) is 14.5. The van der Waals surface area contributed by atoms with Gasteiger partial charge in [0.15, 0.2) is 0 Å². The molecular formula is C19H23N3O3S. The summed E-state index contributed by atoms with van der Waals surface area (Å²) in [6, 6.07) is 11.8. The maximum Gasteiger partial charge on any atom is 0.262 e. The van der Waals surface area contributed by atoms with E-state index in [-0.39, 0.29) is 10.8 Å². The van der Waals surface area contributed by atoms with Crippen LogP contribution in [0.15, 0.2) is 47.4 Å². The SMILES string of the molecule is Cc1ccc(NS(=O)(=O)c2cc(C(=O)NCC3CNC3)ccc2C)cc1. The van der Waals surface area contributed by atoms with Gasteiger partial charge in [-0.05, 0) is 43.7 Å². The number of nitrogens with one attached hydrogen (secondary N) is 3. The van der Waals surface area contributed by atoms with E-state index in [1.165, 1.54) is 6.07 Å². The van der Waals surface area contributed by atoms with E-state index in [0.717, 1.165) is 18.7 Å². The van der Waals surface area contributed by atoms with Gasteiger partial charge in [-0.15, -0.1) is 0 Å². The van der Waals surface area contributed by atoms with Crippen LogP contribution in [0.5, 0.6) is 0 Å². The second-order valence-corrected chi connectivity index (χ2v) is 8.34. The highest BCUT2D eigenvalue weighted by Gasteiger charge is 2.21. The van der Waals surface area contributed by atoms with Gasteiger partial charge in [0.1, 0.15) is 0 Å². The zero-order chi connectivity index (χ0) is 18.7. The number of rotatable bonds is 6. The summed E-state index contributed by atoms with van der Waals surface area (Å²) >= 11 is 0. The van der Waals surface area contributed by atoms with Crippen LogP contribution >= 0.6 is 0 Å². The molecule has 0 spiro atoms. The van der Waals surface area contributed by atoms with Crippen molar-refractivity contribution < 1.29 is 13.2 Å². The topological polar surface area (TPSA) is 87.3 Å². The molecule has 138 valence electrons. The highest BCUT2D eigenvalue weighted by Crippen LogP contribution is 2.21. The van der Waals surface area contributed by atoms with Gasteiger partial charge < -0.3 is 10.6 Å². The maximum atomic E-state index is 12.8. The van der Waals surface area contributed by atoms with E-state index < -0.39 is 10.0 Å². The van der Waals surface area contributed by atoms with Crippen LogP contribution in [0.3, 0.4) is 0 Å². The number of hydrogen-bond acceptors (Lipinski definition) is 4. The standard InChI is InChI=1S/C19H23N3O3S/c1-13-3-7-17(8-4-13)22-26(24,25)18-9-16(6-5-14(18)2)19(23)21-12-15-10-20-11-15/h3-9,15,20,22H,10-12H2,1-2H3,(H,21,23). The first-order valence-corrected chi connectivity index (χ1v) is 10.0. The minimum absolute atomic E-state index is 0.107. The first kappa shape index (κ1) is 18.4. The van der Waals surface area contributed by atoms with Gasteiger partial charge in [-0.2, -0.15) is 0 Å². The van der Waals surface area contributed by atoms with Crippen LogP contribution in [0.25, 0.3) is 0 Å². The fraction of sp³-hybridized carbons (Fsp3) is 0.316. The molecule has 1 aliphatic rings. The van der Waals surface area contributed by atoms with Crippen LogP contribution in [0.2, 0.25) is 0 Å². The quantitative estimate of drug-likeness (QED) is 0.723. The van der Waals surface area contributed by atoms with Gasteiger partial charge >= 0.3 is 0 Å². The first-order chi connectivity index (χ1) is 12.3. The predicted octanol–water partition coefficient (Wildman–Crippen LogP) is 2.05.